The standard InChI is InChI=1S/C31H53N5OS/c1-20-9-7-10-21(2)28(20)26-14-27-34-29(33-26)35-38-25-12-8-11-22(13-25)18-36(23-16-31(6,32)17-23)24(19-37-27)15-30(3,4)5/h7,9-10,22-27,29,33-35H,8,11-19,32H2,1-6H3/t22?,23?,24-,25?,26?,27?,29?,31?/m1/s1. The quantitative estimate of drug-likeness (QED) is 0.383. The van der Waals surface area contributed by atoms with Crippen molar-refractivity contribution in [1.82, 2.24) is 20.3 Å². The molecule has 4 bridgehead atoms. The molecule has 5 rings (SSSR count). The third kappa shape index (κ3) is 7.15. The molecule has 38 heavy (non-hydrogen) atoms. The van der Waals surface area contributed by atoms with E-state index in [1.807, 2.05) is 11.9 Å². The number of nitrogens with two attached hydrogens (primary N) is 1. The fraction of sp³-hybridized carbons (Fsp3) is 0.806. The third-order valence-corrected chi connectivity index (χ3v) is 10.4. The highest BCUT2D eigenvalue weighted by atomic mass is 32.2. The zero-order chi connectivity index (χ0) is 27.1. The van der Waals surface area contributed by atoms with Crippen molar-refractivity contribution < 1.29 is 4.74 Å². The van der Waals surface area contributed by atoms with Gasteiger partial charge in [-0.25, -0.2) is 4.72 Å². The molecule has 2 saturated heterocycles. The van der Waals surface area contributed by atoms with Crippen LogP contribution in [0.5, 0.6) is 0 Å². The number of aryl methyl sites for hydroxylation is 2. The van der Waals surface area contributed by atoms with Gasteiger partial charge >= 0.3 is 0 Å². The number of rotatable bonds is 3. The maximum atomic E-state index is 6.86. The van der Waals surface area contributed by atoms with Crippen LogP contribution in [0.2, 0.25) is 0 Å². The van der Waals surface area contributed by atoms with Crippen molar-refractivity contribution in [2.45, 2.75) is 134 Å². The molecular formula is C31H53N5OS. The van der Waals surface area contributed by atoms with Gasteiger partial charge in [-0.15, -0.1) is 0 Å². The van der Waals surface area contributed by atoms with Crippen molar-refractivity contribution in [3.63, 3.8) is 0 Å². The molecule has 0 amide bonds. The second-order valence-corrected chi connectivity index (χ2v) is 15.5. The number of ether oxygens (including phenoxy) is 1. The zero-order valence-electron chi connectivity index (χ0n) is 24.7. The van der Waals surface area contributed by atoms with Gasteiger partial charge < -0.3 is 10.5 Å². The van der Waals surface area contributed by atoms with Crippen LogP contribution in [0.4, 0.5) is 0 Å². The molecule has 7 heteroatoms. The molecule has 2 heterocycles. The number of fused-ring (bicyclic) bond motifs is 4. The molecule has 5 unspecified atom stereocenters. The molecule has 4 fully saturated rings. The van der Waals surface area contributed by atoms with E-state index < -0.39 is 0 Å². The Labute approximate surface area is 236 Å². The Morgan fingerprint density at radius 3 is 2.53 bits per heavy atom. The number of nitrogens with one attached hydrogen (secondary N) is 3. The number of nitrogens with zero attached hydrogens (tertiary/aromatic N) is 1. The van der Waals surface area contributed by atoms with E-state index in [0.29, 0.717) is 17.3 Å². The van der Waals surface area contributed by atoms with Crippen LogP contribution in [0.1, 0.15) is 102 Å². The first-order chi connectivity index (χ1) is 18.0. The van der Waals surface area contributed by atoms with Gasteiger partial charge in [0.05, 0.1) is 6.61 Å². The van der Waals surface area contributed by atoms with Gasteiger partial charge in [0.25, 0.3) is 0 Å². The van der Waals surface area contributed by atoms with Crippen LogP contribution in [-0.4, -0.2) is 53.4 Å². The lowest BCUT2D eigenvalue weighted by Crippen LogP contribution is -2.63. The van der Waals surface area contributed by atoms with E-state index in [1.165, 1.54) is 48.9 Å². The highest BCUT2D eigenvalue weighted by Crippen LogP contribution is 2.40. The zero-order valence-corrected chi connectivity index (χ0v) is 25.5. The summed E-state index contributed by atoms with van der Waals surface area (Å²) in [7, 11) is 0. The predicted molar refractivity (Wildman–Crippen MR) is 160 cm³/mol. The summed E-state index contributed by atoms with van der Waals surface area (Å²) in [6.45, 7) is 15.8. The van der Waals surface area contributed by atoms with E-state index in [-0.39, 0.29) is 29.5 Å². The summed E-state index contributed by atoms with van der Waals surface area (Å²) in [6, 6.07) is 7.89. The Hall–Kier alpha value is -0.670. The van der Waals surface area contributed by atoms with Gasteiger partial charge in [-0.2, -0.15) is 0 Å². The minimum absolute atomic E-state index is 0.00367. The van der Waals surface area contributed by atoms with E-state index in [9.17, 15) is 0 Å². The van der Waals surface area contributed by atoms with Crippen molar-refractivity contribution in [1.29, 1.82) is 0 Å². The highest BCUT2D eigenvalue weighted by molar-refractivity contribution is 7.98. The average Bonchev–Trinajstić information content (AvgIpc) is 2.82. The first kappa shape index (κ1) is 28.8. The van der Waals surface area contributed by atoms with Crippen molar-refractivity contribution in [2.24, 2.45) is 17.1 Å². The summed E-state index contributed by atoms with van der Waals surface area (Å²) < 4.78 is 10.6. The van der Waals surface area contributed by atoms with Crippen molar-refractivity contribution in [2.75, 3.05) is 13.2 Å². The Balaban J connectivity index is 1.42. The van der Waals surface area contributed by atoms with Gasteiger partial charge in [-0.3, -0.25) is 15.5 Å². The van der Waals surface area contributed by atoms with Crippen LogP contribution in [0.25, 0.3) is 0 Å². The molecule has 2 aliphatic carbocycles. The highest BCUT2D eigenvalue weighted by Gasteiger charge is 2.44. The molecule has 6 atom stereocenters. The molecule has 1 aromatic rings. The van der Waals surface area contributed by atoms with Gasteiger partial charge in [0.2, 0.25) is 0 Å². The molecule has 2 aliphatic heterocycles. The average molecular weight is 544 g/mol. The number of hydrogen-bond donors (Lipinski definition) is 4. The van der Waals surface area contributed by atoms with E-state index in [4.69, 9.17) is 10.5 Å². The van der Waals surface area contributed by atoms with Crippen LogP contribution in [0.15, 0.2) is 18.2 Å². The van der Waals surface area contributed by atoms with Gasteiger partial charge in [0.15, 0.2) is 0 Å². The molecule has 5 N–H and O–H groups in total. The molecule has 6 nitrogen and oxygen atoms in total. The van der Waals surface area contributed by atoms with E-state index in [0.717, 1.165) is 38.2 Å². The van der Waals surface area contributed by atoms with Crippen LogP contribution < -0.4 is 21.1 Å². The minimum atomic E-state index is -0.0176. The lowest BCUT2D eigenvalue weighted by molar-refractivity contribution is -0.0719. The lowest BCUT2D eigenvalue weighted by Gasteiger charge is -2.52. The molecule has 4 aliphatic rings. The SMILES string of the molecule is Cc1cccc(C)c1C1CC2NC(NSC3CCCC(C3)CN(C3CC(C)(N)C3)[C@H](CC(C)(C)C)CO2)N1. The van der Waals surface area contributed by atoms with Crippen molar-refractivity contribution in [3.8, 4) is 0 Å². The minimum Gasteiger partial charge on any atom is -0.362 e. The summed E-state index contributed by atoms with van der Waals surface area (Å²) in [5.74, 6) is 0.749. The molecular weight excluding hydrogens is 490 g/mol. The summed E-state index contributed by atoms with van der Waals surface area (Å²) >= 11 is 1.94. The van der Waals surface area contributed by atoms with Gasteiger partial charge in [-0.05, 0) is 87.3 Å². The Kier molecular flexibility index (Phi) is 8.86. The first-order valence-corrected chi connectivity index (χ1v) is 16.0. The van der Waals surface area contributed by atoms with Crippen LogP contribution >= 0.6 is 11.9 Å². The molecule has 1 aromatic carbocycles. The molecule has 2 saturated carbocycles. The maximum Gasteiger partial charge on any atom is 0.123 e. The topological polar surface area (TPSA) is 74.6 Å². The normalized spacial score (nSPS) is 39.4. The smallest absolute Gasteiger partial charge is 0.123 e. The third-order valence-electron chi connectivity index (χ3n) is 9.30. The van der Waals surface area contributed by atoms with Crippen LogP contribution in [0.3, 0.4) is 0 Å². The molecule has 0 spiro atoms. The largest absolute Gasteiger partial charge is 0.362 e. The van der Waals surface area contributed by atoms with Gasteiger partial charge in [0.1, 0.15) is 12.5 Å². The maximum absolute atomic E-state index is 6.86. The van der Waals surface area contributed by atoms with Crippen LogP contribution in [-0.2, 0) is 4.74 Å². The first-order valence-electron chi connectivity index (χ1n) is 15.1. The van der Waals surface area contributed by atoms with Gasteiger partial charge in [-0.1, -0.05) is 57.3 Å². The fourth-order valence-electron chi connectivity index (χ4n) is 7.58. The Morgan fingerprint density at radius 1 is 1.11 bits per heavy atom. The van der Waals surface area contributed by atoms with E-state index in [2.05, 4.69) is 80.0 Å². The van der Waals surface area contributed by atoms with Crippen molar-refractivity contribution >= 4 is 11.9 Å². The Morgan fingerprint density at radius 2 is 1.84 bits per heavy atom. The monoisotopic (exact) mass is 543 g/mol. The number of hydrogen-bond acceptors (Lipinski definition) is 7. The number of benzene rings is 1. The van der Waals surface area contributed by atoms with Crippen molar-refractivity contribution in [3.05, 3.63) is 34.9 Å². The fourth-order valence-corrected chi connectivity index (χ4v) is 8.70. The molecule has 0 radical (unpaired) electrons. The summed E-state index contributed by atoms with van der Waals surface area (Å²) in [5.41, 5.74) is 10.9. The predicted octanol–water partition coefficient (Wildman–Crippen LogP) is 5.35. The second-order valence-electron chi connectivity index (χ2n) is 14.4. The summed E-state index contributed by atoms with van der Waals surface area (Å²) in [4.78, 5) is 2.85. The second kappa shape index (κ2) is 11.7. The lowest BCUT2D eigenvalue weighted by atomic mass is 9.72. The van der Waals surface area contributed by atoms with Crippen LogP contribution in [0, 0.1) is 25.2 Å². The molecule has 0 aromatic heterocycles. The van der Waals surface area contributed by atoms with E-state index >= 15 is 0 Å². The Bertz CT molecular complexity index is 920. The summed E-state index contributed by atoms with van der Waals surface area (Å²) in [5, 5.41) is 8.30. The van der Waals surface area contributed by atoms with Gasteiger partial charge in [0, 0.05) is 41.9 Å². The molecule has 214 valence electrons. The summed E-state index contributed by atoms with van der Waals surface area (Å²) in [6.07, 6.45) is 9.56. The van der Waals surface area contributed by atoms with E-state index in [1.54, 1.807) is 0 Å².